The maximum absolute atomic E-state index is 12.8. The molecule has 1 aliphatic carbocycles. The van der Waals surface area contributed by atoms with Crippen molar-refractivity contribution in [3.05, 3.63) is 22.6 Å². The van der Waals surface area contributed by atoms with Crippen LogP contribution in [0.1, 0.15) is 53.6 Å². The highest BCUT2D eigenvalue weighted by molar-refractivity contribution is 5.97. The second-order valence-corrected chi connectivity index (χ2v) is 6.94. The molecule has 0 aromatic carbocycles. The average Bonchev–Trinajstić information content (AvgIpc) is 2.79. The highest BCUT2D eigenvalue weighted by Gasteiger charge is 2.56. The molecule has 1 aromatic rings. The van der Waals surface area contributed by atoms with Gasteiger partial charge in [0.05, 0.1) is 17.8 Å². The quantitative estimate of drug-likeness (QED) is 0.929. The molecule has 1 saturated carbocycles. The van der Waals surface area contributed by atoms with Crippen LogP contribution in [0, 0.1) is 26.2 Å². The second kappa shape index (κ2) is 5.95. The predicted octanol–water partition coefficient (Wildman–Crippen LogP) is 2.60. The van der Waals surface area contributed by atoms with Crippen LogP contribution in [-0.4, -0.2) is 47.8 Å². The molecule has 2 heterocycles. The van der Waals surface area contributed by atoms with Crippen molar-refractivity contribution in [3.8, 4) is 0 Å². The van der Waals surface area contributed by atoms with Gasteiger partial charge in [-0.1, -0.05) is 0 Å². The number of amides is 1. The minimum Gasteiger partial charge on any atom is -0.466 e. The average molecular weight is 321 g/mol. The van der Waals surface area contributed by atoms with Gasteiger partial charge >= 0.3 is 0 Å². The van der Waals surface area contributed by atoms with Crippen molar-refractivity contribution in [3.63, 3.8) is 0 Å². The van der Waals surface area contributed by atoms with Crippen LogP contribution in [0.3, 0.4) is 0 Å². The summed E-state index contributed by atoms with van der Waals surface area (Å²) in [6, 6.07) is 0. The van der Waals surface area contributed by atoms with Crippen molar-refractivity contribution in [2.45, 2.75) is 59.2 Å². The molecule has 2 aliphatic rings. The molecule has 1 aliphatic heterocycles. The van der Waals surface area contributed by atoms with Crippen molar-refractivity contribution in [1.82, 2.24) is 4.90 Å². The van der Waals surface area contributed by atoms with E-state index in [-0.39, 0.29) is 23.5 Å². The maximum Gasteiger partial charge on any atom is 0.257 e. The fourth-order valence-corrected chi connectivity index (χ4v) is 4.21. The normalized spacial score (nSPS) is 26.4. The Labute approximate surface area is 137 Å². The summed E-state index contributed by atoms with van der Waals surface area (Å²) in [5.41, 5.74) is 1.49. The summed E-state index contributed by atoms with van der Waals surface area (Å²) in [7, 11) is 0. The van der Waals surface area contributed by atoms with Gasteiger partial charge in [0.25, 0.3) is 5.91 Å². The Bertz CT molecular complexity index is 596. The smallest absolute Gasteiger partial charge is 0.257 e. The maximum atomic E-state index is 12.8. The summed E-state index contributed by atoms with van der Waals surface area (Å²) in [6.45, 7) is 9.68. The highest BCUT2D eigenvalue weighted by atomic mass is 16.5. The Balaban J connectivity index is 1.70. The van der Waals surface area contributed by atoms with Crippen LogP contribution in [0.15, 0.2) is 4.42 Å². The van der Waals surface area contributed by atoms with Gasteiger partial charge in [-0.25, -0.2) is 0 Å². The van der Waals surface area contributed by atoms with Crippen molar-refractivity contribution >= 4 is 5.91 Å². The number of hydrogen-bond donors (Lipinski definition) is 1. The monoisotopic (exact) mass is 321 g/mol. The minimum atomic E-state index is -0.295. The van der Waals surface area contributed by atoms with E-state index >= 15 is 0 Å². The van der Waals surface area contributed by atoms with E-state index in [0.717, 1.165) is 30.6 Å². The van der Waals surface area contributed by atoms with Crippen LogP contribution in [0.4, 0.5) is 0 Å². The van der Waals surface area contributed by atoms with Crippen LogP contribution >= 0.6 is 0 Å². The fourth-order valence-electron chi connectivity index (χ4n) is 4.21. The fraction of sp³-hybridized carbons (Fsp3) is 0.722. The number of aliphatic hydroxyl groups is 1. The van der Waals surface area contributed by atoms with Gasteiger partial charge in [-0.05, 0) is 40.5 Å². The Hall–Kier alpha value is -1.33. The topological polar surface area (TPSA) is 62.9 Å². The number of piperidine rings is 1. The summed E-state index contributed by atoms with van der Waals surface area (Å²) in [5.74, 6) is 1.56. The van der Waals surface area contributed by atoms with E-state index in [2.05, 4.69) is 0 Å². The molecule has 1 saturated heterocycles. The molecule has 128 valence electrons. The van der Waals surface area contributed by atoms with E-state index in [1.54, 1.807) is 0 Å². The van der Waals surface area contributed by atoms with E-state index < -0.39 is 0 Å². The lowest BCUT2D eigenvalue weighted by atomic mass is 9.58. The van der Waals surface area contributed by atoms with Gasteiger partial charge in [-0.15, -0.1) is 0 Å². The summed E-state index contributed by atoms with van der Waals surface area (Å²) in [6.07, 6.45) is 2.18. The number of hydrogen-bond acceptors (Lipinski definition) is 4. The first-order chi connectivity index (χ1) is 10.9. The van der Waals surface area contributed by atoms with Gasteiger partial charge in [-0.2, -0.15) is 0 Å². The molecule has 1 spiro atoms. The van der Waals surface area contributed by atoms with Crippen LogP contribution in [0.2, 0.25) is 0 Å². The van der Waals surface area contributed by atoms with Gasteiger partial charge in [0.15, 0.2) is 0 Å². The molecule has 1 aromatic heterocycles. The first-order valence-corrected chi connectivity index (χ1v) is 8.56. The number of aryl methyl sites for hydroxylation is 2. The number of nitrogens with zero attached hydrogens (tertiary/aromatic N) is 1. The standard InChI is InChI=1S/C18H27NO4/c1-5-22-15-10-14(20)18(15)6-8-19(9-7-18)17(21)16-11(2)12(3)23-13(16)4/h14-15,20H,5-10H2,1-4H3/t14-,15-/m0/s1. The molecule has 5 heteroatoms. The van der Waals surface area contributed by atoms with E-state index in [1.165, 1.54) is 0 Å². The van der Waals surface area contributed by atoms with E-state index in [9.17, 15) is 9.90 Å². The Morgan fingerprint density at radius 2 is 1.96 bits per heavy atom. The number of ether oxygens (including phenoxy) is 1. The number of carbonyl (C=O) groups is 1. The summed E-state index contributed by atoms with van der Waals surface area (Å²) < 4.78 is 11.4. The lowest BCUT2D eigenvalue weighted by Gasteiger charge is -2.56. The number of furan rings is 1. The molecular formula is C18H27NO4. The molecule has 1 N–H and O–H groups in total. The SMILES string of the molecule is CCO[C@H]1C[C@H](O)C12CCN(C(=O)c1c(C)oc(C)c1C)CC2. The third kappa shape index (κ3) is 2.50. The zero-order valence-electron chi connectivity index (χ0n) is 14.5. The van der Waals surface area contributed by atoms with Crippen LogP contribution in [-0.2, 0) is 4.74 Å². The van der Waals surface area contributed by atoms with Crippen LogP contribution in [0.25, 0.3) is 0 Å². The van der Waals surface area contributed by atoms with Crippen molar-refractivity contribution in [2.75, 3.05) is 19.7 Å². The third-order valence-corrected chi connectivity index (χ3v) is 5.87. The number of rotatable bonds is 3. The Morgan fingerprint density at radius 1 is 1.30 bits per heavy atom. The van der Waals surface area contributed by atoms with Crippen LogP contribution < -0.4 is 0 Å². The van der Waals surface area contributed by atoms with Gasteiger partial charge < -0.3 is 19.2 Å². The number of carbonyl (C=O) groups excluding carboxylic acids is 1. The zero-order valence-corrected chi connectivity index (χ0v) is 14.5. The number of aliphatic hydroxyl groups excluding tert-OH is 1. The van der Waals surface area contributed by atoms with E-state index in [4.69, 9.17) is 9.15 Å². The van der Waals surface area contributed by atoms with Crippen LogP contribution in [0.5, 0.6) is 0 Å². The summed E-state index contributed by atoms with van der Waals surface area (Å²) in [5, 5.41) is 10.3. The van der Waals surface area contributed by atoms with Gasteiger partial charge in [0, 0.05) is 37.1 Å². The zero-order chi connectivity index (χ0) is 16.8. The van der Waals surface area contributed by atoms with Gasteiger partial charge in [0.1, 0.15) is 11.5 Å². The molecule has 0 bridgehead atoms. The molecule has 1 amide bonds. The van der Waals surface area contributed by atoms with E-state index in [1.807, 2.05) is 32.6 Å². The Morgan fingerprint density at radius 3 is 2.43 bits per heavy atom. The third-order valence-electron chi connectivity index (χ3n) is 5.87. The molecular weight excluding hydrogens is 294 g/mol. The molecule has 0 unspecified atom stereocenters. The largest absolute Gasteiger partial charge is 0.466 e. The van der Waals surface area contributed by atoms with Crippen molar-refractivity contribution in [2.24, 2.45) is 5.41 Å². The molecule has 23 heavy (non-hydrogen) atoms. The highest BCUT2D eigenvalue weighted by Crippen LogP contribution is 2.51. The first kappa shape index (κ1) is 16.5. The van der Waals surface area contributed by atoms with Gasteiger partial charge in [0.2, 0.25) is 0 Å². The number of likely N-dealkylation sites (tertiary alicyclic amines) is 1. The first-order valence-electron chi connectivity index (χ1n) is 8.56. The summed E-state index contributed by atoms with van der Waals surface area (Å²) in [4.78, 5) is 14.7. The summed E-state index contributed by atoms with van der Waals surface area (Å²) >= 11 is 0. The minimum absolute atomic E-state index is 0.0495. The molecule has 0 radical (unpaired) electrons. The molecule has 5 nitrogen and oxygen atoms in total. The molecule has 2 fully saturated rings. The van der Waals surface area contributed by atoms with Crippen molar-refractivity contribution < 1.29 is 19.1 Å². The molecule has 2 atom stereocenters. The van der Waals surface area contributed by atoms with E-state index in [0.29, 0.717) is 31.0 Å². The molecule has 3 rings (SSSR count). The predicted molar refractivity (Wildman–Crippen MR) is 86.5 cm³/mol. The lowest BCUT2D eigenvalue weighted by Crippen LogP contribution is -2.62. The Kier molecular flexibility index (Phi) is 4.27. The van der Waals surface area contributed by atoms with Gasteiger partial charge in [-0.3, -0.25) is 4.79 Å². The second-order valence-electron chi connectivity index (χ2n) is 6.94. The lowest BCUT2D eigenvalue weighted by molar-refractivity contribution is -0.207. The van der Waals surface area contributed by atoms with Crippen molar-refractivity contribution in [1.29, 1.82) is 0 Å².